The zero-order chi connectivity index (χ0) is 23.7. The van der Waals surface area contributed by atoms with Crippen LogP contribution < -0.4 is 8.92 Å². The molecule has 2 aliphatic carbocycles. The molecule has 2 saturated carbocycles. The van der Waals surface area contributed by atoms with E-state index in [0.717, 1.165) is 36.3 Å². The molecule has 0 aromatic heterocycles. The van der Waals surface area contributed by atoms with Crippen molar-refractivity contribution in [2.24, 2.45) is 22.7 Å². The molecule has 0 bridgehead atoms. The lowest BCUT2D eigenvalue weighted by Crippen LogP contribution is -2.58. The molecular weight excluding hydrogens is 461 g/mol. The molecule has 0 unspecified atom stereocenters. The summed E-state index contributed by atoms with van der Waals surface area (Å²) in [5.41, 5.74) is -5.17. The summed E-state index contributed by atoms with van der Waals surface area (Å²) in [4.78, 5) is 0.743. The number of rotatable bonds is 3. The number of alkyl halides is 3. The molecule has 4 nitrogen and oxygen atoms in total. The van der Waals surface area contributed by atoms with Gasteiger partial charge in [0.25, 0.3) is 0 Å². The van der Waals surface area contributed by atoms with Gasteiger partial charge in [-0.15, -0.1) is 11.8 Å². The Labute approximate surface area is 192 Å². The highest BCUT2D eigenvalue weighted by Gasteiger charge is 2.61. The van der Waals surface area contributed by atoms with E-state index in [4.69, 9.17) is 8.92 Å². The number of hydrogen-bond acceptors (Lipinski definition) is 5. The van der Waals surface area contributed by atoms with E-state index in [1.54, 1.807) is 17.8 Å². The second kappa shape index (κ2) is 7.45. The van der Waals surface area contributed by atoms with Gasteiger partial charge in [-0.2, -0.15) is 21.6 Å². The molecule has 0 spiro atoms. The minimum absolute atomic E-state index is 0.0273. The summed E-state index contributed by atoms with van der Waals surface area (Å²) >= 11 is 1.57. The van der Waals surface area contributed by atoms with Gasteiger partial charge in [0, 0.05) is 27.7 Å². The second-order valence-corrected chi connectivity index (χ2v) is 13.3. The Morgan fingerprint density at radius 2 is 1.75 bits per heavy atom. The molecular formula is C23H31F3O4S2. The average molecular weight is 493 g/mol. The molecule has 0 radical (unpaired) electrons. The number of thioether (sulfide) groups is 1. The van der Waals surface area contributed by atoms with Gasteiger partial charge in [-0.1, -0.05) is 34.1 Å². The summed E-state index contributed by atoms with van der Waals surface area (Å²) in [5.74, 6) is 1.59. The largest absolute Gasteiger partial charge is 0.534 e. The Morgan fingerprint density at radius 3 is 2.38 bits per heavy atom. The van der Waals surface area contributed by atoms with Crippen molar-refractivity contribution in [3.8, 4) is 11.5 Å². The van der Waals surface area contributed by atoms with Crippen molar-refractivity contribution >= 4 is 21.9 Å². The highest BCUT2D eigenvalue weighted by molar-refractivity contribution is 7.99. The maximum atomic E-state index is 13.2. The molecule has 0 amide bonds. The molecule has 1 aliphatic heterocycles. The summed E-state index contributed by atoms with van der Waals surface area (Å²) < 4.78 is 73.5. The SMILES string of the molecule is COc1cc(OS(=O)(=O)C(F)(F)F)c2c(c1)SC[C@@H]1[C@@]3(C)CCCC(C)(C)[C@@H]3CC[C@@]21C. The second-order valence-electron chi connectivity index (χ2n) is 10.7. The Morgan fingerprint density at radius 1 is 1.06 bits per heavy atom. The van der Waals surface area contributed by atoms with E-state index in [-0.39, 0.29) is 28.2 Å². The fourth-order valence-electron chi connectivity index (χ4n) is 7.09. The van der Waals surface area contributed by atoms with Crippen LogP contribution in [-0.4, -0.2) is 26.8 Å². The molecule has 180 valence electrons. The van der Waals surface area contributed by atoms with Gasteiger partial charge in [0.2, 0.25) is 0 Å². The monoisotopic (exact) mass is 492 g/mol. The lowest BCUT2D eigenvalue weighted by molar-refractivity contribution is -0.0976. The molecule has 0 saturated heterocycles. The molecule has 2 fully saturated rings. The minimum atomic E-state index is -5.80. The maximum Gasteiger partial charge on any atom is 0.534 e. The fourth-order valence-corrected chi connectivity index (χ4v) is 9.32. The zero-order valence-corrected chi connectivity index (χ0v) is 20.8. The van der Waals surface area contributed by atoms with Crippen molar-refractivity contribution in [1.82, 2.24) is 0 Å². The Kier molecular flexibility index (Phi) is 5.60. The highest BCUT2D eigenvalue weighted by atomic mass is 32.2. The van der Waals surface area contributed by atoms with Gasteiger partial charge in [0.1, 0.15) is 5.75 Å². The first kappa shape index (κ1) is 24.0. The Bertz CT molecular complexity index is 1020. The lowest BCUT2D eigenvalue weighted by atomic mass is 9.43. The predicted molar refractivity (Wildman–Crippen MR) is 119 cm³/mol. The van der Waals surface area contributed by atoms with Crippen LogP contribution in [0.1, 0.15) is 65.4 Å². The number of hydrogen-bond donors (Lipinski definition) is 0. The number of benzene rings is 1. The fraction of sp³-hybridized carbons (Fsp3) is 0.739. The van der Waals surface area contributed by atoms with Gasteiger partial charge in [0.05, 0.1) is 7.11 Å². The van der Waals surface area contributed by atoms with Crippen LogP contribution in [0.25, 0.3) is 0 Å². The minimum Gasteiger partial charge on any atom is -0.497 e. The third-order valence-corrected chi connectivity index (χ3v) is 10.6. The van der Waals surface area contributed by atoms with Gasteiger partial charge in [0.15, 0.2) is 5.75 Å². The van der Waals surface area contributed by atoms with Crippen LogP contribution in [0, 0.1) is 22.7 Å². The van der Waals surface area contributed by atoms with Crippen molar-refractivity contribution in [2.45, 2.75) is 75.6 Å². The van der Waals surface area contributed by atoms with Crippen molar-refractivity contribution in [1.29, 1.82) is 0 Å². The quantitative estimate of drug-likeness (QED) is 0.355. The first-order valence-electron chi connectivity index (χ1n) is 11.0. The van der Waals surface area contributed by atoms with Crippen molar-refractivity contribution in [3.63, 3.8) is 0 Å². The predicted octanol–water partition coefficient (Wildman–Crippen LogP) is 6.53. The molecule has 1 aromatic carbocycles. The topological polar surface area (TPSA) is 52.6 Å². The zero-order valence-electron chi connectivity index (χ0n) is 19.1. The van der Waals surface area contributed by atoms with E-state index in [1.165, 1.54) is 19.6 Å². The molecule has 32 heavy (non-hydrogen) atoms. The average Bonchev–Trinajstić information content (AvgIpc) is 2.65. The highest BCUT2D eigenvalue weighted by Crippen LogP contribution is 2.68. The van der Waals surface area contributed by atoms with Gasteiger partial charge in [-0.25, -0.2) is 0 Å². The smallest absolute Gasteiger partial charge is 0.497 e. The molecule has 4 rings (SSSR count). The van der Waals surface area contributed by atoms with Gasteiger partial charge >= 0.3 is 15.6 Å². The molecule has 9 heteroatoms. The van der Waals surface area contributed by atoms with Crippen LogP contribution in [0.15, 0.2) is 17.0 Å². The van der Waals surface area contributed by atoms with Crippen molar-refractivity contribution < 1.29 is 30.5 Å². The van der Waals surface area contributed by atoms with Crippen LogP contribution >= 0.6 is 11.8 Å². The van der Waals surface area contributed by atoms with E-state index in [9.17, 15) is 21.6 Å². The summed E-state index contributed by atoms with van der Waals surface area (Å²) in [6.07, 6.45) is 5.11. The van der Waals surface area contributed by atoms with E-state index < -0.39 is 21.0 Å². The summed E-state index contributed by atoms with van der Waals surface area (Å²) in [6.45, 7) is 9.08. The van der Waals surface area contributed by atoms with Crippen LogP contribution in [0.2, 0.25) is 0 Å². The third-order valence-electron chi connectivity index (χ3n) is 8.53. The van der Waals surface area contributed by atoms with E-state index in [2.05, 4.69) is 27.7 Å². The van der Waals surface area contributed by atoms with E-state index >= 15 is 0 Å². The van der Waals surface area contributed by atoms with Crippen LogP contribution in [0.3, 0.4) is 0 Å². The van der Waals surface area contributed by atoms with Crippen LogP contribution in [-0.2, 0) is 15.5 Å². The molecule has 1 aromatic rings. The van der Waals surface area contributed by atoms with E-state index in [0.29, 0.717) is 11.5 Å². The number of halogens is 3. The molecule has 1 heterocycles. The standard InChI is InChI=1S/C23H31F3O4S2/c1-20(2)8-6-9-21(3)17(20)7-10-22(4)18(21)13-31-16-12-14(29-5)11-15(19(16)22)30-32(27,28)23(24,25)26/h11-12,17-18H,6-10,13H2,1-5H3/t17-,18+,21-,22+/m0/s1. The van der Waals surface area contributed by atoms with Crippen molar-refractivity contribution in [2.75, 3.05) is 12.9 Å². The lowest BCUT2D eigenvalue weighted by Gasteiger charge is -2.64. The molecule has 0 N–H and O–H groups in total. The maximum absolute atomic E-state index is 13.2. The summed E-state index contributed by atoms with van der Waals surface area (Å²) in [7, 11) is -4.39. The normalized spacial score (nSPS) is 34.1. The first-order valence-corrected chi connectivity index (χ1v) is 13.4. The summed E-state index contributed by atoms with van der Waals surface area (Å²) in [6, 6.07) is 3.07. The van der Waals surface area contributed by atoms with Crippen molar-refractivity contribution in [3.05, 3.63) is 17.7 Å². The van der Waals surface area contributed by atoms with Gasteiger partial charge in [-0.05, 0) is 54.4 Å². The van der Waals surface area contributed by atoms with Gasteiger partial charge < -0.3 is 8.92 Å². The number of fused-ring (bicyclic) bond motifs is 5. The van der Waals surface area contributed by atoms with Gasteiger partial charge in [-0.3, -0.25) is 0 Å². The first-order chi connectivity index (χ1) is 14.7. The Hall–Kier alpha value is -1.09. The summed E-state index contributed by atoms with van der Waals surface area (Å²) in [5, 5.41) is 0. The van der Waals surface area contributed by atoms with E-state index in [1.807, 2.05) is 0 Å². The third kappa shape index (κ3) is 3.53. The van der Waals surface area contributed by atoms with Crippen LogP contribution in [0.5, 0.6) is 11.5 Å². The Balaban J connectivity index is 1.86. The molecule has 3 aliphatic rings. The molecule has 4 atom stereocenters. The number of ether oxygens (including phenoxy) is 1. The number of methoxy groups -OCH3 is 1. The van der Waals surface area contributed by atoms with Crippen LogP contribution in [0.4, 0.5) is 13.2 Å².